The number of thioether (sulfide) groups is 1. The summed E-state index contributed by atoms with van der Waals surface area (Å²) in [6.45, 7) is 0.0948. The molecule has 7 nitrogen and oxygen atoms in total. The Hall–Kier alpha value is -2.78. The third-order valence-corrected chi connectivity index (χ3v) is 6.16. The van der Waals surface area contributed by atoms with Crippen LogP contribution in [0.2, 0.25) is 0 Å². The first-order valence-electron chi connectivity index (χ1n) is 9.48. The lowest BCUT2D eigenvalue weighted by Gasteiger charge is -2.27. The molecular weight excluding hydrogens is 422 g/mol. The number of amides is 2. The molecule has 0 saturated heterocycles. The number of ether oxygens (including phenoxy) is 2. The van der Waals surface area contributed by atoms with Gasteiger partial charge in [-0.05, 0) is 42.7 Å². The zero-order chi connectivity index (χ0) is 20.9. The smallest absolute Gasteiger partial charge is 0.265 e. The summed E-state index contributed by atoms with van der Waals surface area (Å²) in [6, 6.07) is 14.2. The van der Waals surface area contributed by atoms with Crippen LogP contribution in [0.4, 0.5) is 5.13 Å². The number of fused-ring (bicyclic) bond motifs is 2. The first kappa shape index (κ1) is 20.5. The summed E-state index contributed by atoms with van der Waals surface area (Å²) >= 11 is 3.01. The molecule has 1 aromatic heterocycles. The van der Waals surface area contributed by atoms with E-state index in [0.717, 1.165) is 16.0 Å². The third kappa shape index (κ3) is 4.68. The molecule has 1 unspecified atom stereocenters. The van der Waals surface area contributed by atoms with Crippen molar-refractivity contribution < 1.29 is 19.1 Å². The molecule has 2 heterocycles. The van der Waals surface area contributed by atoms with Gasteiger partial charge in [-0.3, -0.25) is 9.59 Å². The number of nitrogens with zero attached hydrogens (tertiary/aromatic N) is 1. The quantitative estimate of drug-likeness (QED) is 0.582. The van der Waals surface area contributed by atoms with Gasteiger partial charge in [0.05, 0.1) is 10.2 Å². The number of aromatic nitrogens is 1. The van der Waals surface area contributed by atoms with Crippen molar-refractivity contribution in [3.63, 3.8) is 0 Å². The monoisotopic (exact) mass is 443 g/mol. The number of thiazole rings is 1. The number of carbonyl (C=O) groups is 2. The summed E-state index contributed by atoms with van der Waals surface area (Å²) in [4.78, 5) is 30.1. The highest BCUT2D eigenvalue weighted by Gasteiger charge is 2.31. The Morgan fingerprint density at radius 3 is 2.77 bits per heavy atom. The lowest BCUT2D eigenvalue weighted by Crippen LogP contribution is -2.51. The predicted molar refractivity (Wildman–Crippen MR) is 120 cm³/mol. The van der Waals surface area contributed by atoms with Crippen LogP contribution in [0, 0.1) is 0 Å². The van der Waals surface area contributed by atoms with Crippen LogP contribution in [0.1, 0.15) is 6.42 Å². The fourth-order valence-electron chi connectivity index (χ4n) is 3.04. The van der Waals surface area contributed by atoms with Crippen molar-refractivity contribution in [2.24, 2.45) is 0 Å². The van der Waals surface area contributed by atoms with Crippen LogP contribution in [-0.4, -0.2) is 47.6 Å². The van der Waals surface area contributed by atoms with Crippen molar-refractivity contribution in [1.29, 1.82) is 0 Å². The van der Waals surface area contributed by atoms with Gasteiger partial charge in [-0.1, -0.05) is 35.6 Å². The molecule has 1 aliphatic heterocycles. The molecule has 156 valence electrons. The van der Waals surface area contributed by atoms with Crippen LogP contribution < -0.4 is 20.1 Å². The fraction of sp³-hybridized carbons (Fsp3) is 0.286. The maximum atomic E-state index is 12.9. The first-order valence-corrected chi connectivity index (χ1v) is 11.7. The lowest BCUT2D eigenvalue weighted by molar-refractivity contribution is -0.133. The Morgan fingerprint density at radius 2 is 1.97 bits per heavy atom. The van der Waals surface area contributed by atoms with Crippen LogP contribution in [-0.2, 0) is 9.59 Å². The Balaban J connectivity index is 1.42. The molecule has 0 radical (unpaired) electrons. The van der Waals surface area contributed by atoms with E-state index >= 15 is 0 Å². The molecule has 0 saturated carbocycles. The van der Waals surface area contributed by atoms with E-state index in [9.17, 15) is 9.59 Å². The molecule has 2 atom stereocenters. The van der Waals surface area contributed by atoms with Crippen LogP contribution in [0.15, 0.2) is 48.5 Å². The number of hydrogen-bond donors (Lipinski definition) is 2. The minimum Gasteiger partial charge on any atom is -0.485 e. The number of benzene rings is 2. The summed E-state index contributed by atoms with van der Waals surface area (Å²) in [6.07, 6.45) is 1.64. The lowest BCUT2D eigenvalue weighted by atomic mass is 10.2. The topological polar surface area (TPSA) is 89.5 Å². The van der Waals surface area contributed by atoms with Gasteiger partial charge in [0.15, 0.2) is 16.6 Å². The maximum Gasteiger partial charge on any atom is 0.265 e. The minimum atomic E-state index is -0.813. The van der Waals surface area contributed by atoms with E-state index in [-0.39, 0.29) is 18.4 Å². The summed E-state index contributed by atoms with van der Waals surface area (Å²) < 4.78 is 12.4. The summed E-state index contributed by atoms with van der Waals surface area (Å²) in [5.74, 6) is 1.17. The van der Waals surface area contributed by atoms with Crippen molar-refractivity contribution in [2.75, 3.05) is 23.9 Å². The number of nitrogens with one attached hydrogen (secondary N) is 2. The molecule has 0 spiro atoms. The van der Waals surface area contributed by atoms with Crippen molar-refractivity contribution in [3.8, 4) is 11.5 Å². The third-order valence-electron chi connectivity index (χ3n) is 4.57. The number of anilines is 1. The van der Waals surface area contributed by atoms with E-state index in [1.54, 1.807) is 23.9 Å². The highest BCUT2D eigenvalue weighted by molar-refractivity contribution is 7.98. The van der Waals surface area contributed by atoms with Gasteiger partial charge in [0.25, 0.3) is 5.91 Å². The highest BCUT2D eigenvalue weighted by Crippen LogP contribution is 2.31. The average molecular weight is 444 g/mol. The highest BCUT2D eigenvalue weighted by atomic mass is 32.2. The molecule has 30 heavy (non-hydrogen) atoms. The molecule has 1 aliphatic rings. The maximum absolute atomic E-state index is 12.9. The van der Waals surface area contributed by atoms with Gasteiger partial charge in [0.1, 0.15) is 12.6 Å². The van der Waals surface area contributed by atoms with E-state index in [0.29, 0.717) is 23.1 Å². The average Bonchev–Trinajstić information content (AvgIpc) is 3.18. The second-order valence-electron chi connectivity index (χ2n) is 6.68. The van der Waals surface area contributed by atoms with Crippen molar-refractivity contribution >= 4 is 50.3 Å². The zero-order valence-electron chi connectivity index (χ0n) is 16.3. The Bertz CT molecular complexity index is 1020. The molecule has 3 aromatic rings. The Kier molecular flexibility index (Phi) is 6.39. The Labute approximate surface area is 182 Å². The second-order valence-corrected chi connectivity index (χ2v) is 8.70. The number of rotatable bonds is 7. The first-order chi connectivity index (χ1) is 14.6. The number of carbonyl (C=O) groups excluding carboxylic acids is 2. The van der Waals surface area contributed by atoms with E-state index in [1.165, 1.54) is 11.3 Å². The van der Waals surface area contributed by atoms with Crippen LogP contribution in [0.25, 0.3) is 10.2 Å². The fourth-order valence-corrected chi connectivity index (χ4v) is 4.38. The molecule has 9 heteroatoms. The predicted octanol–water partition coefficient (Wildman–Crippen LogP) is 3.31. The van der Waals surface area contributed by atoms with E-state index in [2.05, 4.69) is 15.6 Å². The zero-order valence-corrected chi connectivity index (χ0v) is 17.9. The molecule has 2 N–H and O–H groups in total. The second kappa shape index (κ2) is 9.36. The molecule has 2 aromatic carbocycles. The molecule has 0 fully saturated rings. The van der Waals surface area contributed by atoms with Gasteiger partial charge < -0.3 is 20.1 Å². The molecule has 2 amide bonds. The summed E-state index contributed by atoms with van der Waals surface area (Å²) in [5, 5.41) is 6.16. The van der Waals surface area contributed by atoms with E-state index < -0.39 is 12.1 Å². The van der Waals surface area contributed by atoms with Gasteiger partial charge in [0, 0.05) is 0 Å². The van der Waals surface area contributed by atoms with Gasteiger partial charge in [0.2, 0.25) is 12.0 Å². The van der Waals surface area contributed by atoms with E-state index in [1.807, 2.05) is 42.7 Å². The molecular formula is C21H21N3O4S2. The van der Waals surface area contributed by atoms with Crippen molar-refractivity contribution in [3.05, 3.63) is 48.5 Å². The van der Waals surface area contributed by atoms with Gasteiger partial charge in [-0.15, -0.1) is 0 Å². The Morgan fingerprint density at radius 1 is 1.20 bits per heavy atom. The van der Waals surface area contributed by atoms with E-state index in [4.69, 9.17) is 9.47 Å². The van der Waals surface area contributed by atoms with Gasteiger partial charge >= 0.3 is 0 Å². The van der Waals surface area contributed by atoms with Crippen molar-refractivity contribution in [1.82, 2.24) is 10.3 Å². The van der Waals surface area contributed by atoms with Gasteiger partial charge in [-0.2, -0.15) is 11.8 Å². The number of hydrogen-bond acceptors (Lipinski definition) is 7. The normalized spacial score (nSPS) is 16.1. The number of para-hydroxylation sites is 3. The minimum absolute atomic E-state index is 0.0948. The van der Waals surface area contributed by atoms with Gasteiger partial charge in [-0.25, -0.2) is 4.98 Å². The van der Waals surface area contributed by atoms with Crippen LogP contribution in [0.3, 0.4) is 0 Å². The van der Waals surface area contributed by atoms with Crippen LogP contribution >= 0.6 is 23.1 Å². The van der Waals surface area contributed by atoms with Crippen LogP contribution in [0.5, 0.6) is 11.5 Å². The SMILES string of the molecule is CSCC[C@H](NC(=O)C1COc2ccccc2O1)C(=O)Nc1nc2ccccc2s1. The standard InChI is InChI=1S/C21H21N3O4S2/c1-29-11-10-14(19(25)24-21-23-13-6-2-5-9-18(13)30-21)22-20(26)17-12-27-15-7-3-4-8-16(15)28-17/h2-9,14,17H,10-12H2,1H3,(H,22,26)(H,23,24,25)/t14-,17?/m0/s1. The van der Waals surface area contributed by atoms with Crippen molar-refractivity contribution in [2.45, 2.75) is 18.6 Å². The summed E-state index contributed by atoms with van der Waals surface area (Å²) in [7, 11) is 0. The molecule has 4 rings (SSSR count). The summed E-state index contributed by atoms with van der Waals surface area (Å²) in [5.41, 5.74) is 0.828. The molecule has 0 aliphatic carbocycles. The molecule has 0 bridgehead atoms. The largest absolute Gasteiger partial charge is 0.485 e.